The summed E-state index contributed by atoms with van der Waals surface area (Å²) in [5, 5.41) is 2.02. The molecule has 0 radical (unpaired) electrons. The summed E-state index contributed by atoms with van der Waals surface area (Å²) in [4.78, 5) is 0. The van der Waals surface area contributed by atoms with Crippen molar-refractivity contribution >= 4 is 9.39 Å². The number of hydrogen-bond acceptors (Lipinski definition) is 3. The second-order valence-electron chi connectivity index (χ2n) is 5.25. The summed E-state index contributed by atoms with van der Waals surface area (Å²) < 4.78 is 2.41. The number of rotatable bonds is 0. The lowest BCUT2D eigenvalue weighted by atomic mass is 10.1. The fourth-order valence-electron chi connectivity index (χ4n) is 2.37. The summed E-state index contributed by atoms with van der Waals surface area (Å²) in [5.41, 5.74) is 0. The first-order valence-corrected chi connectivity index (χ1v) is 7.80. The molecule has 1 atom stereocenters. The van der Waals surface area contributed by atoms with Crippen molar-refractivity contribution in [2.24, 2.45) is 5.84 Å². The van der Waals surface area contributed by atoms with E-state index >= 15 is 0 Å². The van der Waals surface area contributed by atoms with E-state index in [2.05, 4.69) is 14.1 Å². The Labute approximate surface area is 109 Å². The van der Waals surface area contributed by atoms with Gasteiger partial charge in [-0.1, -0.05) is 41.5 Å². The van der Waals surface area contributed by atoms with Gasteiger partial charge in [-0.05, 0) is 25.7 Å². The van der Waals surface area contributed by atoms with E-state index in [-0.39, 0.29) is 0 Å². The van der Waals surface area contributed by atoms with E-state index in [1.54, 1.807) is 0 Å². The summed E-state index contributed by atoms with van der Waals surface area (Å²) in [7, 11) is 2.88. The second-order valence-corrected chi connectivity index (χ2v) is 5.98. The molecule has 0 aliphatic carbocycles. The molecule has 1 aliphatic heterocycles. The first kappa shape index (κ1) is 15.4. The van der Waals surface area contributed by atoms with E-state index in [4.69, 9.17) is 5.84 Å². The molecule has 17 heavy (non-hydrogen) atoms. The van der Waals surface area contributed by atoms with Crippen LogP contribution in [0.25, 0.3) is 0 Å². The lowest BCUT2D eigenvalue weighted by Crippen LogP contribution is -2.32. The van der Waals surface area contributed by atoms with Gasteiger partial charge >= 0.3 is 0 Å². The maximum atomic E-state index is 5.96. The number of nitrogens with zero attached hydrogens (tertiary/aromatic N) is 2. The van der Waals surface area contributed by atoms with Gasteiger partial charge in [0, 0.05) is 26.2 Å². The number of hydrazine groups is 1. The minimum atomic E-state index is 1.07. The molecule has 1 heterocycles. The summed E-state index contributed by atoms with van der Waals surface area (Å²) in [5.74, 6) is 5.96. The van der Waals surface area contributed by atoms with Crippen molar-refractivity contribution in [1.29, 1.82) is 0 Å². The monoisotopic (exact) mass is 259 g/mol. The summed E-state index contributed by atoms with van der Waals surface area (Å²) >= 11 is 0. The van der Waals surface area contributed by atoms with Crippen LogP contribution in [0.4, 0.5) is 0 Å². The van der Waals surface area contributed by atoms with Crippen LogP contribution in [0, 0.1) is 0 Å². The Morgan fingerprint density at radius 1 is 0.588 bits per heavy atom. The van der Waals surface area contributed by atoms with Gasteiger partial charge in [-0.15, -0.1) is 0 Å². The Kier molecular flexibility index (Phi) is 9.27. The highest BCUT2D eigenvalue weighted by Gasteiger charge is 2.02. The normalized spacial score (nSPS) is 25.1. The van der Waals surface area contributed by atoms with Gasteiger partial charge in [0.25, 0.3) is 0 Å². The highest BCUT2D eigenvalue weighted by Crippen LogP contribution is 2.10. The van der Waals surface area contributed by atoms with Crippen molar-refractivity contribution in [3.8, 4) is 0 Å². The van der Waals surface area contributed by atoms with Crippen molar-refractivity contribution in [1.82, 2.24) is 9.68 Å². The highest BCUT2D eigenvalue weighted by molar-refractivity contribution is 7.13. The maximum absolute atomic E-state index is 5.96. The minimum Gasteiger partial charge on any atom is -0.287 e. The molecule has 0 aromatic carbocycles. The zero-order valence-electron chi connectivity index (χ0n) is 11.2. The largest absolute Gasteiger partial charge is 0.287 e. The Morgan fingerprint density at radius 2 is 0.941 bits per heavy atom. The predicted molar refractivity (Wildman–Crippen MR) is 78.6 cm³/mol. The molecule has 1 fully saturated rings. The van der Waals surface area contributed by atoms with Crippen molar-refractivity contribution in [3.05, 3.63) is 0 Å². The van der Waals surface area contributed by atoms with Crippen molar-refractivity contribution < 1.29 is 0 Å². The average molecular weight is 259 g/mol. The smallest absolute Gasteiger partial charge is 0.0128 e. The lowest BCUT2D eigenvalue weighted by molar-refractivity contribution is 0.269. The third kappa shape index (κ3) is 8.96. The SMILES string of the molecule is NN1CCCCCCCN(P)CCCCCC1. The second kappa shape index (κ2) is 10.3. The van der Waals surface area contributed by atoms with Gasteiger partial charge in [0.2, 0.25) is 0 Å². The van der Waals surface area contributed by atoms with Gasteiger partial charge < -0.3 is 0 Å². The zero-order valence-corrected chi connectivity index (χ0v) is 12.4. The van der Waals surface area contributed by atoms with E-state index < -0.39 is 0 Å². The molecule has 3 nitrogen and oxygen atoms in total. The van der Waals surface area contributed by atoms with Gasteiger partial charge in [-0.3, -0.25) is 10.5 Å². The lowest BCUT2D eigenvalue weighted by Gasteiger charge is -2.16. The van der Waals surface area contributed by atoms with Crippen LogP contribution in [-0.4, -0.2) is 35.9 Å². The molecule has 102 valence electrons. The number of hydrogen-bond donors (Lipinski definition) is 1. The molecule has 1 aliphatic rings. The zero-order chi connectivity index (χ0) is 12.3. The first-order valence-electron chi connectivity index (χ1n) is 7.28. The molecule has 0 spiro atoms. The van der Waals surface area contributed by atoms with Crippen LogP contribution in [0.3, 0.4) is 0 Å². The molecule has 2 N–H and O–H groups in total. The minimum absolute atomic E-state index is 1.07. The van der Waals surface area contributed by atoms with Crippen LogP contribution in [-0.2, 0) is 0 Å². The van der Waals surface area contributed by atoms with Gasteiger partial charge in [-0.25, -0.2) is 5.01 Å². The molecule has 1 rings (SSSR count). The third-order valence-electron chi connectivity index (χ3n) is 3.53. The molecule has 0 saturated carbocycles. The molecule has 1 saturated heterocycles. The van der Waals surface area contributed by atoms with E-state index in [1.165, 1.54) is 70.9 Å². The molecule has 0 aromatic heterocycles. The Balaban J connectivity index is 2.18. The van der Waals surface area contributed by atoms with Crippen molar-refractivity contribution in [2.75, 3.05) is 26.2 Å². The fourth-order valence-corrected chi connectivity index (χ4v) is 2.73. The topological polar surface area (TPSA) is 32.5 Å². The number of nitrogens with two attached hydrogens (primary N) is 1. The Hall–Kier alpha value is 0.310. The maximum Gasteiger partial charge on any atom is 0.0128 e. The van der Waals surface area contributed by atoms with Gasteiger partial charge in [0.1, 0.15) is 0 Å². The van der Waals surface area contributed by atoms with Crippen LogP contribution >= 0.6 is 9.39 Å². The van der Waals surface area contributed by atoms with Crippen LogP contribution in [0.2, 0.25) is 0 Å². The van der Waals surface area contributed by atoms with Crippen LogP contribution in [0.5, 0.6) is 0 Å². The summed E-state index contributed by atoms with van der Waals surface area (Å²) in [6.45, 7) is 4.63. The molecular weight excluding hydrogens is 229 g/mol. The predicted octanol–water partition coefficient (Wildman–Crippen LogP) is 2.78. The van der Waals surface area contributed by atoms with E-state index in [0.29, 0.717) is 0 Å². The van der Waals surface area contributed by atoms with E-state index in [1.807, 2.05) is 5.01 Å². The van der Waals surface area contributed by atoms with Crippen LogP contribution in [0.1, 0.15) is 57.8 Å². The van der Waals surface area contributed by atoms with Gasteiger partial charge in [0.15, 0.2) is 0 Å². The quantitative estimate of drug-likeness (QED) is 0.536. The first-order chi connectivity index (χ1) is 8.29. The summed E-state index contributed by atoms with van der Waals surface area (Å²) in [6, 6.07) is 0. The highest BCUT2D eigenvalue weighted by atomic mass is 31.0. The molecule has 0 aromatic rings. The Bertz CT molecular complexity index is 160. The van der Waals surface area contributed by atoms with E-state index in [9.17, 15) is 0 Å². The fraction of sp³-hybridized carbons (Fsp3) is 1.00. The molecule has 0 amide bonds. The third-order valence-corrected chi connectivity index (χ3v) is 4.05. The van der Waals surface area contributed by atoms with Crippen LogP contribution < -0.4 is 5.84 Å². The van der Waals surface area contributed by atoms with Crippen molar-refractivity contribution in [3.63, 3.8) is 0 Å². The van der Waals surface area contributed by atoms with Crippen molar-refractivity contribution in [2.45, 2.75) is 57.8 Å². The molecule has 1 unspecified atom stereocenters. The Morgan fingerprint density at radius 3 is 1.41 bits per heavy atom. The van der Waals surface area contributed by atoms with Crippen LogP contribution in [0.15, 0.2) is 0 Å². The van der Waals surface area contributed by atoms with E-state index in [0.717, 1.165) is 13.1 Å². The average Bonchev–Trinajstić information content (AvgIpc) is 2.32. The molecule has 0 bridgehead atoms. The standard InChI is InChI=1S/C13H30N3P/c14-15-10-6-2-1-3-8-12-16(17)13-9-5-4-7-11-15/h1-14,17H2. The summed E-state index contributed by atoms with van der Waals surface area (Å²) in [6.07, 6.45) is 11.9. The van der Waals surface area contributed by atoms with Gasteiger partial charge in [0.05, 0.1) is 0 Å². The molecular formula is C13H30N3P. The molecule has 4 heteroatoms. The van der Waals surface area contributed by atoms with Gasteiger partial charge in [-0.2, -0.15) is 0 Å².